The fourth-order valence-electron chi connectivity index (χ4n) is 1.15. The molecule has 0 aliphatic heterocycles. The van der Waals surface area contributed by atoms with Crippen molar-refractivity contribution < 1.29 is 0 Å². The normalized spacial score (nSPS) is 10.5. The van der Waals surface area contributed by atoms with Gasteiger partial charge in [0.05, 0.1) is 5.88 Å². The lowest BCUT2D eigenvalue weighted by Gasteiger charge is -2.05. The first kappa shape index (κ1) is 10.4. The predicted octanol–water partition coefficient (Wildman–Crippen LogP) is 2.87. The zero-order chi connectivity index (χ0) is 10.7. The molecule has 0 fully saturated rings. The van der Waals surface area contributed by atoms with E-state index in [0.717, 1.165) is 16.5 Å². The molecule has 2 aromatic rings. The molecule has 0 saturated carbocycles. The number of nitrogens with two attached hydrogens (primary N) is 1. The molecule has 0 bridgehead atoms. The summed E-state index contributed by atoms with van der Waals surface area (Å²) in [6.45, 7) is 0. The molecule has 3 nitrogen and oxygen atoms in total. The number of hydrogen-bond acceptors (Lipinski definition) is 3. The summed E-state index contributed by atoms with van der Waals surface area (Å²) in [5.41, 5.74) is 6.57. The van der Waals surface area contributed by atoms with Crippen molar-refractivity contribution in [2.24, 2.45) is 0 Å². The summed E-state index contributed by atoms with van der Waals surface area (Å²) in [5, 5.41) is 4.81. The number of nitrogens with zero attached hydrogens (tertiary/aromatic N) is 2. The second-order valence-corrected chi connectivity index (χ2v) is 4.42. The molecule has 2 N–H and O–H groups in total. The predicted molar refractivity (Wildman–Crippen MR) is 63.9 cm³/mol. The van der Waals surface area contributed by atoms with E-state index in [0.29, 0.717) is 5.02 Å². The largest absolute Gasteiger partial charge is 0.398 e. The van der Waals surface area contributed by atoms with E-state index in [-0.39, 0.29) is 0 Å². The Morgan fingerprint density at radius 2 is 2.33 bits per heavy atom. The van der Waals surface area contributed by atoms with Gasteiger partial charge < -0.3 is 5.73 Å². The molecule has 2 rings (SSSR count). The fourth-order valence-corrected chi connectivity index (χ4v) is 2.25. The fraction of sp³-hybridized carbons (Fsp3) is 0.100. The van der Waals surface area contributed by atoms with Crippen LogP contribution in [0.4, 0.5) is 5.69 Å². The molecule has 0 spiro atoms. The van der Waals surface area contributed by atoms with Crippen molar-refractivity contribution >= 4 is 29.1 Å². The van der Waals surface area contributed by atoms with E-state index in [1.165, 1.54) is 0 Å². The van der Waals surface area contributed by atoms with Crippen LogP contribution in [0.2, 0.25) is 5.02 Å². The molecule has 78 valence electrons. The van der Waals surface area contributed by atoms with Crippen molar-refractivity contribution in [3.63, 3.8) is 0 Å². The quantitative estimate of drug-likeness (QED) is 0.662. The molecule has 0 unspecified atom stereocenters. The van der Waals surface area contributed by atoms with Crippen LogP contribution >= 0.6 is 23.4 Å². The smallest absolute Gasteiger partial charge is 0.0910 e. The highest BCUT2D eigenvalue weighted by atomic mass is 35.5. The maximum atomic E-state index is 5.89. The van der Waals surface area contributed by atoms with Gasteiger partial charge in [-0.25, -0.2) is 0 Å². The van der Waals surface area contributed by atoms with Crippen LogP contribution in [-0.4, -0.2) is 9.78 Å². The van der Waals surface area contributed by atoms with Crippen LogP contribution in [0.5, 0.6) is 0 Å². The van der Waals surface area contributed by atoms with E-state index in [9.17, 15) is 0 Å². The number of thioether (sulfide) groups is 1. The van der Waals surface area contributed by atoms with Gasteiger partial charge in [0.25, 0.3) is 0 Å². The third-order valence-corrected chi connectivity index (χ3v) is 3.18. The SMILES string of the molecule is Nc1ccc(Cl)cc1SCn1cccn1. The summed E-state index contributed by atoms with van der Waals surface area (Å²) in [5.74, 6) is 0.734. The standard InChI is InChI=1S/C10H10ClN3S/c11-8-2-3-9(12)10(6-8)15-7-14-5-1-4-13-14/h1-6H,7,12H2. The van der Waals surface area contributed by atoms with E-state index in [1.807, 2.05) is 29.1 Å². The number of halogens is 1. The van der Waals surface area contributed by atoms with Crippen LogP contribution in [0.3, 0.4) is 0 Å². The lowest BCUT2D eigenvalue weighted by molar-refractivity contribution is 0.751. The van der Waals surface area contributed by atoms with Crippen LogP contribution in [0.25, 0.3) is 0 Å². The second kappa shape index (κ2) is 4.59. The second-order valence-electron chi connectivity index (χ2n) is 3.00. The molecule has 0 aliphatic carbocycles. The molecule has 5 heteroatoms. The molecular weight excluding hydrogens is 230 g/mol. The Morgan fingerprint density at radius 3 is 3.07 bits per heavy atom. The van der Waals surface area contributed by atoms with E-state index >= 15 is 0 Å². The molecule has 1 heterocycles. The molecule has 0 aliphatic rings. The Morgan fingerprint density at radius 1 is 1.47 bits per heavy atom. The first-order chi connectivity index (χ1) is 7.25. The van der Waals surface area contributed by atoms with Gasteiger partial charge in [-0.2, -0.15) is 5.10 Å². The summed E-state index contributed by atoms with van der Waals surface area (Å²) in [6.07, 6.45) is 3.66. The maximum Gasteiger partial charge on any atom is 0.0910 e. The zero-order valence-electron chi connectivity index (χ0n) is 7.93. The Labute approximate surface area is 97.2 Å². The Hall–Kier alpha value is -1.13. The third kappa shape index (κ3) is 2.67. The van der Waals surface area contributed by atoms with Crippen LogP contribution in [0.1, 0.15) is 0 Å². The van der Waals surface area contributed by atoms with Gasteiger partial charge in [-0.05, 0) is 24.3 Å². The van der Waals surface area contributed by atoms with Gasteiger partial charge in [-0.15, -0.1) is 11.8 Å². The minimum atomic E-state index is 0.701. The minimum absolute atomic E-state index is 0.701. The highest BCUT2D eigenvalue weighted by molar-refractivity contribution is 7.98. The van der Waals surface area contributed by atoms with Crippen molar-refractivity contribution in [2.45, 2.75) is 10.8 Å². The number of rotatable bonds is 3. The zero-order valence-corrected chi connectivity index (χ0v) is 9.50. The summed E-state index contributed by atoms with van der Waals surface area (Å²) in [7, 11) is 0. The topological polar surface area (TPSA) is 43.8 Å². The van der Waals surface area contributed by atoms with Gasteiger partial charge in [0.2, 0.25) is 0 Å². The number of nitrogen functional groups attached to an aromatic ring is 1. The molecule has 0 saturated heterocycles. The Kier molecular flexibility index (Phi) is 3.18. The van der Waals surface area contributed by atoms with Crippen molar-refractivity contribution in [3.05, 3.63) is 41.7 Å². The van der Waals surface area contributed by atoms with Gasteiger partial charge >= 0.3 is 0 Å². The van der Waals surface area contributed by atoms with Crippen molar-refractivity contribution in [1.29, 1.82) is 0 Å². The monoisotopic (exact) mass is 239 g/mol. The number of anilines is 1. The maximum absolute atomic E-state index is 5.89. The first-order valence-corrected chi connectivity index (χ1v) is 5.77. The summed E-state index contributed by atoms with van der Waals surface area (Å²) in [6, 6.07) is 7.36. The van der Waals surface area contributed by atoms with E-state index < -0.39 is 0 Å². The van der Waals surface area contributed by atoms with Crippen LogP contribution in [0.15, 0.2) is 41.6 Å². The van der Waals surface area contributed by atoms with Crippen LogP contribution < -0.4 is 5.73 Å². The van der Waals surface area contributed by atoms with Gasteiger partial charge in [0.15, 0.2) is 0 Å². The van der Waals surface area contributed by atoms with Crippen molar-refractivity contribution in [1.82, 2.24) is 9.78 Å². The highest BCUT2D eigenvalue weighted by Gasteiger charge is 2.01. The van der Waals surface area contributed by atoms with Gasteiger partial charge in [0.1, 0.15) is 0 Å². The van der Waals surface area contributed by atoms with Crippen LogP contribution in [0, 0.1) is 0 Å². The van der Waals surface area contributed by atoms with Gasteiger partial charge in [-0.3, -0.25) is 4.68 Å². The minimum Gasteiger partial charge on any atom is -0.398 e. The molecule has 1 aromatic carbocycles. The van der Waals surface area contributed by atoms with Crippen molar-refractivity contribution in [2.75, 3.05) is 5.73 Å². The molecule has 0 amide bonds. The highest BCUT2D eigenvalue weighted by Crippen LogP contribution is 2.28. The molecule has 15 heavy (non-hydrogen) atoms. The Balaban J connectivity index is 2.07. The first-order valence-electron chi connectivity index (χ1n) is 4.41. The van der Waals surface area contributed by atoms with Gasteiger partial charge in [0, 0.05) is 28.0 Å². The average molecular weight is 240 g/mol. The summed E-state index contributed by atoms with van der Waals surface area (Å²) in [4.78, 5) is 0.984. The summed E-state index contributed by atoms with van der Waals surface area (Å²) < 4.78 is 1.84. The number of benzene rings is 1. The number of aromatic nitrogens is 2. The van der Waals surface area contributed by atoms with E-state index in [4.69, 9.17) is 17.3 Å². The Bertz CT molecular complexity index is 442. The molecule has 0 atom stereocenters. The lowest BCUT2D eigenvalue weighted by atomic mass is 10.3. The van der Waals surface area contributed by atoms with Gasteiger partial charge in [-0.1, -0.05) is 11.6 Å². The molecule has 1 aromatic heterocycles. The average Bonchev–Trinajstić information content (AvgIpc) is 2.72. The van der Waals surface area contributed by atoms with Crippen molar-refractivity contribution in [3.8, 4) is 0 Å². The molecule has 0 radical (unpaired) electrons. The third-order valence-electron chi connectivity index (χ3n) is 1.89. The van der Waals surface area contributed by atoms with E-state index in [1.54, 1.807) is 24.0 Å². The number of hydrogen-bond donors (Lipinski definition) is 1. The lowest BCUT2D eigenvalue weighted by Crippen LogP contribution is -1.95. The summed E-state index contributed by atoms with van der Waals surface area (Å²) >= 11 is 7.50. The van der Waals surface area contributed by atoms with Crippen LogP contribution in [-0.2, 0) is 5.88 Å². The molecular formula is C10H10ClN3S. The van der Waals surface area contributed by atoms with E-state index in [2.05, 4.69) is 5.10 Å².